The number of anilines is 1. The number of benzene rings is 2. The summed E-state index contributed by atoms with van der Waals surface area (Å²) in [6, 6.07) is 12.2. The fraction of sp³-hybridized carbons (Fsp3) is 0.269. The molecule has 4 rings (SSSR count). The summed E-state index contributed by atoms with van der Waals surface area (Å²) in [5.74, 6) is -0.158. The van der Waals surface area contributed by atoms with Crippen molar-refractivity contribution in [2.24, 2.45) is 5.73 Å². The average Bonchev–Trinajstić information content (AvgIpc) is 3.31. The third kappa shape index (κ3) is 5.36. The first-order valence-corrected chi connectivity index (χ1v) is 11.4. The molecule has 0 saturated heterocycles. The lowest BCUT2D eigenvalue weighted by molar-refractivity contribution is -0.140. The standard InChI is InChI=1S/C26H26F3N5O3/c1-14(30)23-22(24(35)31-13-15-6-5-7-16(12-15)34(2)3)33-25(37-23)18-8-10-19(36-4)21-17(18)9-11-20(32-21)26(27,28)29/h5-12,14H,13,30H2,1-4H3,(H,31,35)/t14-/m0/s1. The minimum Gasteiger partial charge on any atom is -0.494 e. The maximum atomic E-state index is 13.3. The molecule has 194 valence electrons. The van der Waals surface area contributed by atoms with Gasteiger partial charge in [0.2, 0.25) is 5.89 Å². The first-order valence-electron chi connectivity index (χ1n) is 11.4. The zero-order valence-corrected chi connectivity index (χ0v) is 20.7. The summed E-state index contributed by atoms with van der Waals surface area (Å²) in [7, 11) is 5.18. The van der Waals surface area contributed by atoms with E-state index in [9.17, 15) is 18.0 Å². The van der Waals surface area contributed by atoms with E-state index >= 15 is 0 Å². The highest BCUT2D eigenvalue weighted by molar-refractivity contribution is 5.98. The van der Waals surface area contributed by atoms with Crippen LogP contribution in [0.5, 0.6) is 5.75 Å². The number of hydrogen-bond donors (Lipinski definition) is 2. The van der Waals surface area contributed by atoms with Gasteiger partial charge in [0, 0.05) is 37.3 Å². The molecule has 0 unspecified atom stereocenters. The van der Waals surface area contributed by atoms with Crippen molar-refractivity contribution in [2.75, 3.05) is 26.1 Å². The van der Waals surface area contributed by atoms with Gasteiger partial charge in [0.1, 0.15) is 17.0 Å². The summed E-state index contributed by atoms with van der Waals surface area (Å²) in [5, 5.41) is 3.15. The number of carbonyl (C=O) groups is 1. The second-order valence-corrected chi connectivity index (χ2v) is 8.67. The van der Waals surface area contributed by atoms with Crippen LogP contribution in [0.1, 0.15) is 40.5 Å². The number of rotatable bonds is 7. The molecule has 0 radical (unpaired) electrons. The molecule has 2 aromatic carbocycles. The number of oxazole rings is 1. The van der Waals surface area contributed by atoms with Crippen LogP contribution in [0.4, 0.5) is 18.9 Å². The molecule has 0 aliphatic rings. The second kappa shape index (κ2) is 10.1. The number of nitrogens with one attached hydrogen (secondary N) is 1. The van der Waals surface area contributed by atoms with Crippen molar-refractivity contribution in [1.29, 1.82) is 0 Å². The van der Waals surface area contributed by atoms with Crippen molar-refractivity contribution in [2.45, 2.75) is 25.7 Å². The summed E-state index contributed by atoms with van der Waals surface area (Å²) in [4.78, 5) is 23.2. The Hall–Kier alpha value is -4.12. The molecule has 0 saturated carbocycles. The van der Waals surface area contributed by atoms with Gasteiger partial charge in [0.05, 0.1) is 13.2 Å². The molecule has 1 amide bonds. The van der Waals surface area contributed by atoms with Crippen molar-refractivity contribution in [3.05, 3.63) is 71.2 Å². The zero-order chi connectivity index (χ0) is 26.9. The van der Waals surface area contributed by atoms with E-state index in [1.165, 1.54) is 19.2 Å². The highest BCUT2D eigenvalue weighted by Crippen LogP contribution is 2.37. The van der Waals surface area contributed by atoms with Gasteiger partial charge in [-0.1, -0.05) is 12.1 Å². The number of pyridine rings is 1. The van der Waals surface area contributed by atoms with E-state index in [1.54, 1.807) is 13.0 Å². The third-order valence-electron chi connectivity index (χ3n) is 5.72. The molecule has 1 atom stereocenters. The fourth-order valence-corrected chi connectivity index (χ4v) is 3.83. The van der Waals surface area contributed by atoms with E-state index in [1.807, 2.05) is 43.3 Å². The Kier molecular flexibility index (Phi) is 7.08. The molecule has 0 spiro atoms. The minimum atomic E-state index is -4.63. The van der Waals surface area contributed by atoms with E-state index < -0.39 is 23.8 Å². The van der Waals surface area contributed by atoms with Gasteiger partial charge < -0.3 is 25.1 Å². The maximum Gasteiger partial charge on any atom is 0.433 e. The first-order chi connectivity index (χ1) is 17.5. The van der Waals surface area contributed by atoms with Crippen LogP contribution in [0.15, 0.2) is 52.9 Å². The summed E-state index contributed by atoms with van der Waals surface area (Å²) < 4.78 is 50.9. The molecule has 4 aromatic rings. The van der Waals surface area contributed by atoms with Crippen LogP contribution in [0.3, 0.4) is 0 Å². The number of amides is 1. The van der Waals surface area contributed by atoms with E-state index in [2.05, 4.69) is 15.3 Å². The summed E-state index contributed by atoms with van der Waals surface area (Å²) in [6.07, 6.45) is -4.63. The summed E-state index contributed by atoms with van der Waals surface area (Å²) >= 11 is 0. The topological polar surface area (TPSA) is 107 Å². The number of carbonyl (C=O) groups excluding carboxylic acids is 1. The largest absolute Gasteiger partial charge is 0.494 e. The van der Waals surface area contributed by atoms with Gasteiger partial charge in [-0.25, -0.2) is 9.97 Å². The predicted octanol–water partition coefficient (Wildman–Crippen LogP) is 4.93. The Morgan fingerprint density at radius 3 is 2.57 bits per heavy atom. The highest BCUT2D eigenvalue weighted by Gasteiger charge is 2.33. The number of halogens is 3. The van der Waals surface area contributed by atoms with E-state index in [-0.39, 0.29) is 35.2 Å². The molecule has 2 aromatic heterocycles. The Balaban J connectivity index is 1.71. The number of ether oxygens (including phenoxy) is 1. The van der Waals surface area contributed by atoms with Gasteiger partial charge in [-0.2, -0.15) is 13.2 Å². The van der Waals surface area contributed by atoms with Gasteiger partial charge in [-0.05, 0) is 48.9 Å². The number of fused-ring (bicyclic) bond motifs is 1. The van der Waals surface area contributed by atoms with Gasteiger partial charge in [-0.15, -0.1) is 0 Å². The van der Waals surface area contributed by atoms with Crippen LogP contribution >= 0.6 is 0 Å². The molecule has 0 aliphatic carbocycles. The van der Waals surface area contributed by atoms with Crippen LogP contribution in [0, 0.1) is 0 Å². The van der Waals surface area contributed by atoms with Gasteiger partial charge in [-0.3, -0.25) is 4.79 Å². The number of hydrogen-bond acceptors (Lipinski definition) is 7. The predicted molar refractivity (Wildman–Crippen MR) is 133 cm³/mol. The quantitative estimate of drug-likeness (QED) is 0.361. The van der Waals surface area contributed by atoms with Gasteiger partial charge >= 0.3 is 6.18 Å². The van der Waals surface area contributed by atoms with Crippen LogP contribution in [0.25, 0.3) is 22.4 Å². The molecule has 0 fully saturated rings. The van der Waals surface area contributed by atoms with E-state index in [0.29, 0.717) is 10.9 Å². The molecule has 8 nitrogen and oxygen atoms in total. The van der Waals surface area contributed by atoms with Crippen molar-refractivity contribution in [3.8, 4) is 17.2 Å². The summed E-state index contributed by atoms with van der Waals surface area (Å²) in [6.45, 7) is 1.89. The van der Waals surface area contributed by atoms with Gasteiger partial charge in [0.25, 0.3) is 5.91 Å². The normalized spacial score (nSPS) is 12.4. The maximum absolute atomic E-state index is 13.3. The van der Waals surface area contributed by atoms with Crippen molar-refractivity contribution >= 4 is 22.5 Å². The highest BCUT2D eigenvalue weighted by atomic mass is 19.4. The molecule has 0 aliphatic heterocycles. The van der Waals surface area contributed by atoms with Crippen LogP contribution in [-0.2, 0) is 12.7 Å². The minimum absolute atomic E-state index is 0.00222. The smallest absolute Gasteiger partial charge is 0.433 e. The van der Waals surface area contributed by atoms with E-state index in [0.717, 1.165) is 17.3 Å². The lowest BCUT2D eigenvalue weighted by Crippen LogP contribution is -2.25. The average molecular weight is 514 g/mol. The Morgan fingerprint density at radius 2 is 1.92 bits per heavy atom. The number of nitrogens with two attached hydrogens (primary N) is 1. The Morgan fingerprint density at radius 1 is 1.16 bits per heavy atom. The molecular formula is C26H26F3N5O3. The van der Waals surface area contributed by atoms with Gasteiger partial charge in [0.15, 0.2) is 11.5 Å². The zero-order valence-electron chi connectivity index (χ0n) is 20.7. The van der Waals surface area contributed by atoms with Crippen LogP contribution in [0.2, 0.25) is 0 Å². The van der Waals surface area contributed by atoms with Crippen LogP contribution in [-0.4, -0.2) is 37.1 Å². The molecule has 3 N–H and O–H groups in total. The number of nitrogens with zero attached hydrogens (tertiary/aromatic N) is 3. The summed E-state index contributed by atoms with van der Waals surface area (Å²) in [5.41, 5.74) is 7.20. The monoisotopic (exact) mass is 513 g/mol. The number of aromatic nitrogens is 2. The number of methoxy groups -OCH3 is 1. The Bertz CT molecular complexity index is 1450. The Labute approximate surface area is 211 Å². The number of alkyl halides is 3. The third-order valence-corrected chi connectivity index (χ3v) is 5.72. The molecule has 2 heterocycles. The van der Waals surface area contributed by atoms with E-state index in [4.69, 9.17) is 14.9 Å². The first kappa shape index (κ1) is 26.0. The SMILES string of the molecule is COc1ccc(-c2nc(C(=O)NCc3cccc(N(C)C)c3)c([C@H](C)N)o2)c2ccc(C(F)(F)F)nc12. The second-order valence-electron chi connectivity index (χ2n) is 8.67. The molecule has 37 heavy (non-hydrogen) atoms. The molecule has 0 bridgehead atoms. The lowest BCUT2D eigenvalue weighted by atomic mass is 10.1. The van der Waals surface area contributed by atoms with Crippen LogP contribution < -0.4 is 20.7 Å². The molecule has 11 heteroatoms. The fourth-order valence-electron chi connectivity index (χ4n) is 3.83. The lowest BCUT2D eigenvalue weighted by Gasteiger charge is -2.13. The van der Waals surface area contributed by atoms with Crippen molar-refractivity contribution in [1.82, 2.24) is 15.3 Å². The molecular weight excluding hydrogens is 487 g/mol. The van der Waals surface area contributed by atoms with Crippen molar-refractivity contribution < 1.29 is 27.1 Å². The van der Waals surface area contributed by atoms with Crippen molar-refractivity contribution in [3.63, 3.8) is 0 Å².